The molecule has 1 N–H and O–H groups in total. The highest BCUT2D eigenvalue weighted by atomic mass is 15.2. The molecule has 2 atom stereocenters. The van der Waals surface area contributed by atoms with E-state index in [9.17, 15) is 0 Å². The average molecular weight is 258 g/mol. The van der Waals surface area contributed by atoms with Crippen LogP contribution in [-0.4, -0.2) is 36.6 Å². The third-order valence-electron chi connectivity index (χ3n) is 4.84. The Balaban J connectivity index is 1.69. The Morgan fingerprint density at radius 2 is 2.11 bits per heavy atom. The van der Waals surface area contributed by atoms with E-state index >= 15 is 0 Å². The van der Waals surface area contributed by atoms with Gasteiger partial charge in [-0.2, -0.15) is 0 Å². The predicted octanol–water partition coefficient (Wildman–Crippen LogP) is 2.62. The first kappa shape index (κ1) is 13.1. The predicted molar refractivity (Wildman–Crippen MR) is 80.5 cm³/mol. The number of nitrogens with zero attached hydrogens (tertiary/aromatic N) is 1. The fraction of sp³-hybridized carbons (Fsp3) is 0.647. The molecule has 2 unspecified atom stereocenters. The van der Waals surface area contributed by atoms with Crippen LogP contribution in [0.3, 0.4) is 0 Å². The molecule has 0 saturated carbocycles. The molecule has 19 heavy (non-hydrogen) atoms. The van der Waals surface area contributed by atoms with Gasteiger partial charge in [0.1, 0.15) is 0 Å². The molecule has 1 heterocycles. The van der Waals surface area contributed by atoms with Crippen LogP contribution in [0.5, 0.6) is 0 Å². The van der Waals surface area contributed by atoms with E-state index < -0.39 is 0 Å². The molecule has 2 nitrogen and oxygen atoms in total. The topological polar surface area (TPSA) is 15.3 Å². The number of hydrogen-bond donors (Lipinski definition) is 1. The lowest BCUT2D eigenvalue weighted by Gasteiger charge is -2.35. The van der Waals surface area contributed by atoms with Crippen LogP contribution in [0.2, 0.25) is 0 Å². The average Bonchev–Trinajstić information content (AvgIpc) is 2.72. The number of fused-ring (bicyclic) bond motifs is 1. The van der Waals surface area contributed by atoms with E-state index in [2.05, 4.69) is 41.4 Å². The van der Waals surface area contributed by atoms with Crippen molar-refractivity contribution >= 4 is 0 Å². The van der Waals surface area contributed by atoms with Gasteiger partial charge in [-0.3, -0.25) is 4.90 Å². The van der Waals surface area contributed by atoms with Crippen molar-refractivity contribution in [2.24, 2.45) is 0 Å². The first-order valence-electron chi connectivity index (χ1n) is 7.91. The van der Waals surface area contributed by atoms with Crippen LogP contribution in [0, 0.1) is 0 Å². The number of rotatable bonds is 2. The second-order valence-electron chi connectivity index (χ2n) is 6.07. The Morgan fingerprint density at radius 1 is 1.26 bits per heavy atom. The zero-order chi connectivity index (χ0) is 13.1. The van der Waals surface area contributed by atoms with Gasteiger partial charge in [-0.25, -0.2) is 0 Å². The third kappa shape index (κ3) is 3.01. The highest BCUT2D eigenvalue weighted by Gasteiger charge is 2.26. The Labute approximate surface area is 117 Å². The van der Waals surface area contributed by atoms with Crippen molar-refractivity contribution in [1.82, 2.24) is 10.2 Å². The van der Waals surface area contributed by atoms with Crippen LogP contribution in [0.25, 0.3) is 0 Å². The minimum atomic E-state index is 0.694. The third-order valence-corrected chi connectivity index (χ3v) is 4.84. The standard InChI is InChI=1S/C17H26N2/c1-2-16-13-19(11-5-10-18-16)17-9-8-14-6-3-4-7-15(14)12-17/h3-4,6-7,16-18H,2,5,8-13H2,1H3. The molecule has 1 aromatic rings. The largest absolute Gasteiger partial charge is 0.313 e. The summed E-state index contributed by atoms with van der Waals surface area (Å²) in [6.45, 7) is 6.01. The lowest BCUT2D eigenvalue weighted by molar-refractivity contribution is 0.175. The lowest BCUT2D eigenvalue weighted by atomic mass is 9.87. The first-order valence-corrected chi connectivity index (χ1v) is 7.91. The van der Waals surface area contributed by atoms with Gasteiger partial charge in [-0.05, 0) is 56.3 Å². The fourth-order valence-corrected chi connectivity index (χ4v) is 3.62. The molecule has 2 heteroatoms. The molecular formula is C17H26N2. The molecule has 1 aliphatic carbocycles. The monoisotopic (exact) mass is 258 g/mol. The zero-order valence-corrected chi connectivity index (χ0v) is 12.1. The van der Waals surface area contributed by atoms with Crippen LogP contribution in [0.1, 0.15) is 37.3 Å². The van der Waals surface area contributed by atoms with Crippen LogP contribution < -0.4 is 5.32 Å². The summed E-state index contributed by atoms with van der Waals surface area (Å²) in [7, 11) is 0. The van der Waals surface area contributed by atoms with E-state index in [4.69, 9.17) is 0 Å². The highest BCUT2D eigenvalue weighted by Crippen LogP contribution is 2.25. The van der Waals surface area contributed by atoms with Crippen molar-refractivity contribution in [3.8, 4) is 0 Å². The van der Waals surface area contributed by atoms with E-state index in [0.717, 1.165) is 6.04 Å². The van der Waals surface area contributed by atoms with E-state index in [1.54, 1.807) is 11.1 Å². The van der Waals surface area contributed by atoms with Crippen LogP contribution in [-0.2, 0) is 12.8 Å². The van der Waals surface area contributed by atoms with Gasteiger partial charge in [0.25, 0.3) is 0 Å². The van der Waals surface area contributed by atoms with E-state index in [-0.39, 0.29) is 0 Å². The normalized spacial score (nSPS) is 28.7. The number of hydrogen-bond acceptors (Lipinski definition) is 2. The summed E-state index contributed by atoms with van der Waals surface area (Å²) in [6, 6.07) is 10.5. The maximum absolute atomic E-state index is 3.68. The van der Waals surface area contributed by atoms with Crippen LogP contribution in [0.15, 0.2) is 24.3 Å². The summed E-state index contributed by atoms with van der Waals surface area (Å²) in [5.41, 5.74) is 3.17. The maximum atomic E-state index is 3.68. The van der Waals surface area contributed by atoms with Gasteiger partial charge in [0.2, 0.25) is 0 Å². The molecule has 1 saturated heterocycles. The molecule has 0 bridgehead atoms. The quantitative estimate of drug-likeness (QED) is 0.877. The molecule has 2 aliphatic rings. The van der Waals surface area contributed by atoms with Gasteiger partial charge >= 0.3 is 0 Å². The molecule has 0 aromatic heterocycles. The van der Waals surface area contributed by atoms with Crippen molar-refractivity contribution in [1.29, 1.82) is 0 Å². The summed E-state index contributed by atoms with van der Waals surface area (Å²) in [5, 5.41) is 3.68. The molecule has 1 fully saturated rings. The van der Waals surface area contributed by atoms with E-state index in [1.807, 2.05) is 0 Å². The molecule has 0 radical (unpaired) electrons. The Kier molecular flexibility index (Phi) is 4.19. The first-order chi connectivity index (χ1) is 9.36. The molecule has 104 valence electrons. The van der Waals surface area contributed by atoms with Crippen molar-refractivity contribution < 1.29 is 0 Å². The summed E-state index contributed by atoms with van der Waals surface area (Å²) < 4.78 is 0. The van der Waals surface area contributed by atoms with Crippen LogP contribution in [0.4, 0.5) is 0 Å². The van der Waals surface area contributed by atoms with Gasteiger partial charge < -0.3 is 5.32 Å². The Bertz CT molecular complexity index is 415. The second-order valence-corrected chi connectivity index (χ2v) is 6.07. The SMILES string of the molecule is CCC1CN(C2CCc3ccccc3C2)CCCN1. The van der Waals surface area contributed by atoms with Gasteiger partial charge in [-0.1, -0.05) is 31.2 Å². The molecule has 1 aromatic carbocycles. The van der Waals surface area contributed by atoms with Crippen molar-refractivity contribution in [2.75, 3.05) is 19.6 Å². The van der Waals surface area contributed by atoms with Gasteiger partial charge in [0, 0.05) is 18.6 Å². The number of nitrogens with one attached hydrogen (secondary N) is 1. The fourth-order valence-electron chi connectivity index (χ4n) is 3.62. The van der Waals surface area contributed by atoms with E-state index in [1.165, 1.54) is 51.7 Å². The summed E-state index contributed by atoms with van der Waals surface area (Å²) in [5.74, 6) is 0. The summed E-state index contributed by atoms with van der Waals surface area (Å²) in [4.78, 5) is 2.75. The summed E-state index contributed by atoms with van der Waals surface area (Å²) in [6.07, 6.45) is 6.41. The number of benzene rings is 1. The molecule has 3 rings (SSSR count). The molecule has 0 spiro atoms. The minimum absolute atomic E-state index is 0.694. The second kappa shape index (κ2) is 6.06. The van der Waals surface area contributed by atoms with Gasteiger partial charge in [0.15, 0.2) is 0 Å². The minimum Gasteiger partial charge on any atom is -0.313 e. The molecular weight excluding hydrogens is 232 g/mol. The highest BCUT2D eigenvalue weighted by molar-refractivity contribution is 5.30. The lowest BCUT2D eigenvalue weighted by Crippen LogP contribution is -2.44. The van der Waals surface area contributed by atoms with E-state index in [0.29, 0.717) is 6.04 Å². The van der Waals surface area contributed by atoms with Gasteiger partial charge in [-0.15, -0.1) is 0 Å². The maximum Gasteiger partial charge on any atom is 0.0192 e. The van der Waals surface area contributed by atoms with Crippen molar-refractivity contribution in [3.05, 3.63) is 35.4 Å². The smallest absolute Gasteiger partial charge is 0.0192 e. The summed E-state index contributed by atoms with van der Waals surface area (Å²) >= 11 is 0. The van der Waals surface area contributed by atoms with Gasteiger partial charge in [0.05, 0.1) is 0 Å². The Morgan fingerprint density at radius 3 is 2.95 bits per heavy atom. The molecule has 0 amide bonds. The zero-order valence-electron chi connectivity index (χ0n) is 12.1. The Hall–Kier alpha value is -0.860. The van der Waals surface area contributed by atoms with Crippen molar-refractivity contribution in [3.63, 3.8) is 0 Å². The van der Waals surface area contributed by atoms with Crippen LogP contribution >= 0.6 is 0 Å². The number of aryl methyl sites for hydroxylation is 1. The molecule has 1 aliphatic heterocycles. The van der Waals surface area contributed by atoms with Crippen molar-refractivity contribution in [2.45, 2.75) is 51.1 Å².